The fraction of sp³-hybridized carbons (Fsp3) is 0.429. The molecular formula is C14H17BrN4O2. The van der Waals surface area contributed by atoms with E-state index in [2.05, 4.69) is 46.9 Å². The van der Waals surface area contributed by atoms with Crippen molar-refractivity contribution < 1.29 is 4.92 Å². The van der Waals surface area contributed by atoms with Crippen molar-refractivity contribution in [1.82, 2.24) is 14.8 Å². The maximum Gasteiger partial charge on any atom is 0.273 e. The Hall–Kier alpha value is -1.76. The quantitative estimate of drug-likeness (QED) is 0.478. The van der Waals surface area contributed by atoms with Gasteiger partial charge in [0.1, 0.15) is 5.82 Å². The van der Waals surface area contributed by atoms with Crippen LogP contribution < -0.4 is 0 Å². The van der Waals surface area contributed by atoms with E-state index >= 15 is 0 Å². The third kappa shape index (κ3) is 2.97. The third-order valence-corrected chi connectivity index (χ3v) is 3.69. The molecule has 0 bridgehead atoms. The summed E-state index contributed by atoms with van der Waals surface area (Å²) in [5.74, 6) is 1.43. The molecule has 0 atom stereocenters. The Morgan fingerprint density at radius 2 is 2.00 bits per heavy atom. The van der Waals surface area contributed by atoms with Crippen LogP contribution >= 0.6 is 15.9 Å². The second kappa shape index (κ2) is 5.55. The van der Waals surface area contributed by atoms with Gasteiger partial charge in [-0.15, -0.1) is 10.2 Å². The van der Waals surface area contributed by atoms with Crippen LogP contribution in [0.25, 0.3) is 11.4 Å². The van der Waals surface area contributed by atoms with E-state index in [-0.39, 0.29) is 16.1 Å². The smallest absolute Gasteiger partial charge is 0.273 e. The number of nitrogens with zero attached hydrogens (tertiary/aromatic N) is 4. The average molecular weight is 353 g/mol. The van der Waals surface area contributed by atoms with Crippen molar-refractivity contribution in [2.24, 2.45) is 0 Å². The number of benzene rings is 1. The van der Waals surface area contributed by atoms with Gasteiger partial charge in [-0.25, -0.2) is 0 Å². The molecule has 0 spiro atoms. The largest absolute Gasteiger partial charge is 0.305 e. The van der Waals surface area contributed by atoms with Crippen molar-refractivity contribution in [3.63, 3.8) is 0 Å². The molecule has 2 aromatic rings. The van der Waals surface area contributed by atoms with Gasteiger partial charge < -0.3 is 4.57 Å². The Labute approximate surface area is 131 Å². The summed E-state index contributed by atoms with van der Waals surface area (Å²) >= 11 is 3.40. The lowest BCUT2D eigenvalue weighted by Gasteiger charge is -2.24. The summed E-state index contributed by atoms with van der Waals surface area (Å²) in [4.78, 5) is 10.7. The summed E-state index contributed by atoms with van der Waals surface area (Å²) in [6.45, 7) is 7.87. The molecule has 0 aliphatic heterocycles. The van der Waals surface area contributed by atoms with Gasteiger partial charge in [0.05, 0.1) is 10.3 Å². The predicted octanol–water partition coefficient (Wildman–Crippen LogP) is 3.81. The second-order valence-electron chi connectivity index (χ2n) is 5.84. The van der Waals surface area contributed by atoms with Gasteiger partial charge in [0.25, 0.3) is 5.69 Å². The average Bonchev–Trinajstić information content (AvgIpc) is 2.82. The Morgan fingerprint density at radius 1 is 1.33 bits per heavy atom. The van der Waals surface area contributed by atoms with E-state index < -0.39 is 0 Å². The van der Waals surface area contributed by atoms with E-state index in [4.69, 9.17) is 0 Å². The van der Waals surface area contributed by atoms with Crippen LogP contribution in [0, 0.1) is 17.0 Å². The van der Waals surface area contributed by atoms with Crippen LogP contribution in [0.5, 0.6) is 0 Å². The zero-order valence-corrected chi connectivity index (χ0v) is 14.0. The van der Waals surface area contributed by atoms with Crippen molar-refractivity contribution in [1.29, 1.82) is 0 Å². The second-order valence-corrected chi connectivity index (χ2v) is 6.40. The zero-order chi connectivity index (χ0) is 15.8. The van der Waals surface area contributed by atoms with Crippen molar-refractivity contribution in [3.05, 3.63) is 39.7 Å². The van der Waals surface area contributed by atoms with E-state index in [1.165, 1.54) is 0 Å². The molecule has 0 saturated heterocycles. The molecule has 0 aliphatic rings. The highest BCUT2D eigenvalue weighted by molar-refractivity contribution is 9.08. The van der Waals surface area contributed by atoms with E-state index in [1.54, 1.807) is 19.1 Å². The Morgan fingerprint density at radius 3 is 2.52 bits per heavy atom. The normalized spacial score (nSPS) is 11.7. The summed E-state index contributed by atoms with van der Waals surface area (Å²) in [6, 6.07) is 5.13. The fourth-order valence-corrected chi connectivity index (χ4v) is 2.60. The molecule has 1 aromatic carbocycles. The SMILES string of the molecule is Cc1ccc(-c2nnc(CBr)n2C(C)(C)C)cc1[N+](=O)[O-]. The number of rotatable bonds is 3. The first kappa shape index (κ1) is 15.6. The van der Waals surface area contributed by atoms with Crippen LogP contribution in [-0.2, 0) is 10.9 Å². The van der Waals surface area contributed by atoms with Crippen LogP contribution in [0.3, 0.4) is 0 Å². The number of aryl methyl sites for hydroxylation is 1. The van der Waals surface area contributed by atoms with Crippen LogP contribution in [0.2, 0.25) is 0 Å². The maximum atomic E-state index is 11.1. The Balaban J connectivity index is 2.66. The summed E-state index contributed by atoms with van der Waals surface area (Å²) in [5.41, 5.74) is 1.20. The van der Waals surface area contributed by atoms with E-state index in [9.17, 15) is 10.1 Å². The van der Waals surface area contributed by atoms with Crippen LogP contribution in [-0.4, -0.2) is 19.7 Å². The lowest BCUT2D eigenvalue weighted by molar-refractivity contribution is -0.385. The highest BCUT2D eigenvalue weighted by Crippen LogP contribution is 2.30. The molecule has 2 rings (SSSR count). The minimum atomic E-state index is -0.373. The maximum absolute atomic E-state index is 11.1. The minimum absolute atomic E-state index is 0.0938. The molecular weight excluding hydrogens is 336 g/mol. The predicted molar refractivity (Wildman–Crippen MR) is 84.5 cm³/mol. The van der Waals surface area contributed by atoms with Crippen LogP contribution in [0.1, 0.15) is 32.2 Å². The summed E-state index contributed by atoms with van der Waals surface area (Å²) in [7, 11) is 0. The van der Waals surface area contributed by atoms with Crippen LogP contribution in [0.4, 0.5) is 5.69 Å². The van der Waals surface area contributed by atoms with Gasteiger partial charge in [-0.1, -0.05) is 28.1 Å². The molecule has 7 heteroatoms. The van der Waals surface area contributed by atoms with Crippen molar-refractivity contribution in [2.45, 2.75) is 38.6 Å². The third-order valence-electron chi connectivity index (χ3n) is 3.18. The van der Waals surface area contributed by atoms with Crippen LogP contribution in [0.15, 0.2) is 18.2 Å². The molecule has 0 radical (unpaired) electrons. The van der Waals surface area contributed by atoms with Gasteiger partial charge in [-0.05, 0) is 27.7 Å². The fourth-order valence-electron chi connectivity index (χ4n) is 2.24. The summed E-state index contributed by atoms with van der Waals surface area (Å²) in [5, 5.41) is 20.1. The number of hydrogen-bond acceptors (Lipinski definition) is 4. The number of halogens is 1. The van der Waals surface area contributed by atoms with Gasteiger partial charge in [0, 0.05) is 22.7 Å². The minimum Gasteiger partial charge on any atom is -0.305 e. The lowest BCUT2D eigenvalue weighted by Crippen LogP contribution is -2.24. The molecule has 1 aromatic heterocycles. The number of aromatic nitrogens is 3. The summed E-state index contributed by atoms with van der Waals surface area (Å²) in [6.07, 6.45) is 0. The molecule has 0 unspecified atom stereocenters. The molecule has 0 amide bonds. The lowest BCUT2D eigenvalue weighted by atomic mass is 10.1. The molecule has 21 heavy (non-hydrogen) atoms. The van der Waals surface area contributed by atoms with E-state index in [0.29, 0.717) is 22.3 Å². The number of alkyl halides is 1. The Kier molecular flexibility index (Phi) is 4.13. The molecule has 0 fully saturated rings. The molecule has 112 valence electrons. The van der Waals surface area contributed by atoms with E-state index in [0.717, 1.165) is 5.82 Å². The van der Waals surface area contributed by atoms with Gasteiger partial charge in [0.2, 0.25) is 0 Å². The highest BCUT2D eigenvalue weighted by atomic mass is 79.9. The monoisotopic (exact) mass is 352 g/mol. The molecule has 0 aliphatic carbocycles. The van der Waals surface area contributed by atoms with Gasteiger partial charge in [-0.2, -0.15) is 0 Å². The highest BCUT2D eigenvalue weighted by Gasteiger charge is 2.24. The number of hydrogen-bond donors (Lipinski definition) is 0. The first-order valence-corrected chi connectivity index (χ1v) is 7.64. The molecule has 0 N–H and O–H groups in total. The van der Waals surface area contributed by atoms with Crippen molar-refractivity contribution in [2.75, 3.05) is 0 Å². The molecule has 1 heterocycles. The first-order chi connectivity index (χ1) is 9.75. The first-order valence-electron chi connectivity index (χ1n) is 6.52. The number of nitro benzene ring substituents is 1. The zero-order valence-electron chi connectivity index (χ0n) is 12.4. The Bertz CT molecular complexity index is 689. The van der Waals surface area contributed by atoms with Crippen molar-refractivity contribution in [3.8, 4) is 11.4 Å². The van der Waals surface area contributed by atoms with Gasteiger partial charge in [0.15, 0.2) is 5.82 Å². The standard InChI is InChI=1S/C14H17BrN4O2/c1-9-5-6-10(7-11(9)19(20)21)13-17-16-12(8-15)18(13)14(2,3)4/h5-7H,8H2,1-4H3. The van der Waals surface area contributed by atoms with E-state index in [1.807, 2.05) is 10.6 Å². The topological polar surface area (TPSA) is 73.8 Å². The molecule has 0 saturated carbocycles. The summed E-state index contributed by atoms with van der Waals surface area (Å²) < 4.78 is 2.00. The van der Waals surface area contributed by atoms with Crippen molar-refractivity contribution >= 4 is 21.6 Å². The molecule has 6 nitrogen and oxygen atoms in total. The van der Waals surface area contributed by atoms with Gasteiger partial charge in [-0.3, -0.25) is 10.1 Å². The number of nitro groups is 1. The van der Waals surface area contributed by atoms with Gasteiger partial charge >= 0.3 is 0 Å².